The summed E-state index contributed by atoms with van der Waals surface area (Å²) in [5, 5.41) is 5.14. The predicted octanol–water partition coefficient (Wildman–Crippen LogP) is 2.66. The number of nitrogens with one attached hydrogen (secondary N) is 2. The lowest BCUT2D eigenvalue weighted by atomic mass is 10.1. The minimum absolute atomic E-state index is 0.167. The maximum absolute atomic E-state index is 13.7. The fourth-order valence-electron chi connectivity index (χ4n) is 2.01. The van der Waals surface area contributed by atoms with E-state index in [9.17, 15) is 14.0 Å². The van der Waals surface area contributed by atoms with E-state index in [2.05, 4.69) is 10.6 Å². The van der Waals surface area contributed by atoms with Gasteiger partial charge in [0.15, 0.2) is 5.76 Å². The molecule has 1 aromatic carbocycles. The Morgan fingerprint density at radius 1 is 1.27 bits per heavy atom. The third-order valence-corrected chi connectivity index (χ3v) is 3.27. The van der Waals surface area contributed by atoms with Crippen LogP contribution in [0.25, 0.3) is 0 Å². The van der Waals surface area contributed by atoms with Gasteiger partial charge in [-0.25, -0.2) is 4.39 Å². The molecular formula is C16H17FN2O3. The molecule has 1 aromatic heterocycles. The van der Waals surface area contributed by atoms with Crippen molar-refractivity contribution in [3.8, 4) is 0 Å². The summed E-state index contributed by atoms with van der Waals surface area (Å²) in [6.45, 7) is 1.76. The monoisotopic (exact) mass is 304 g/mol. The molecule has 0 aliphatic rings. The van der Waals surface area contributed by atoms with Crippen molar-refractivity contribution in [2.45, 2.75) is 19.8 Å². The lowest BCUT2D eigenvalue weighted by Gasteiger charge is -2.08. The van der Waals surface area contributed by atoms with E-state index in [4.69, 9.17) is 4.42 Å². The van der Waals surface area contributed by atoms with Crippen LogP contribution >= 0.6 is 0 Å². The number of rotatable bonds is 5. The SMILES string of the molecule is CNC(=O)CCc1cc(NC(=O)c2occc2C)ccc1F. The van der Waals surface area contributed by atoms with Gasteiger partial charge in [-0.3, -0.25) is 9.59 Å². The highest BCUT2D eigenvalue weighted by Gasteiger charge is 2.14. The second kappa shape index (κ2) is 6.89. The molecule has 6 heteroatoms. The Hall–Kier alpha value is -2.63. The smallest absolute Gasteiger partial charge is 0.291 e. The van der Waals surface area contributed by atoms with Gasteiger partial charge in [0, 0.05) is 24.7 Å². The van der Waals surface area contributed by atoms with Gasteiger partial charge in [-0.1, -0.05) is 0 Å². The Morgan fingerprint density at radius 2 is 2.05 bits per heavy atom. The van der Waals surface area contributed by atoms with E-state index < -0.39 is 11.7 Å². The Kier molecular flexibility index (Phi) is 4.93. The summed E-state index contributed by atoms with van der Waals surface area (Å²) in [5.74, 6) is -0.751. The molecule has 0 spiro atoms. The summed E-state index contributed by atoms with van der Waals surface area (Å²) in [5.41, 5.74) is 1.55. The van der Waals surface area contributed by atoms with Crippen molar-refractivity contribution in [3.63, 3.8) is 0 Å². The van der Waals surface area contributed by atoms with Crippen molar-refractivity contribution in [2.24, 2.45) is 0 Å². The largest absolute Gasteiger partial charge is 0.459 e. The van der Waals surface area contributed by atoms with Gasteiger partial charge in [0.25, 0.3) is 5.91 Å². The molecule has 1 heterocycles. The van der Waals surface area contributed by atoms with Gasteiger partial charge < -0.3 is 15.1 Å². The molecule has 2 amide bonds. The number of aryl methyl sites for hydroxylation is 2. The predicted molar refractivity (Wildman–Crippen MR) is 80.2 cm³/mol. The number of amides is 2. The van der Waals surface area contributed by atoms with Crippen LogP contribution in [-0.4, -0.2) is 18.9 Å². The van der Waals surface area contributed by atoms with E-state index in [1.807, 2.05) is 0 Å². The van der Waals surface area contributed by atoms with Crippen LogP contribution in [0.2, 0.25) is 0 Å². The van der Waals surface area contributed by atoms with Gasteiger partial charge in [-0.05, 0) is 43.2 Å². The lowest BCUT2D eigenvalue weighted by Crippen LogP contribution is -2.18. The summed E-state index contributed by atoms with van der Waals surface area (Å²) >= 11 is 0. The number of benzene rings is 1. The summed E-state index contributed by atoms with van der Waals surface area (Å²) in [6.07, 6.45) is 1.88. The standard InChI is InChI=1S/C16H17FN2O3/c1-10-7-8-22-15(10)16(21)19-12-4-5-13(17)11(9-12)3-6-14(20)18-2/h4-5,7-9H,3,6H2,1-2H3,(H,18,20)(H,19,21). The van der Waals surface area contributed by atoms with Gasteiger partial charge in [0.1, 0.15) is 5.82 Å². The molecule has 0 fully saturated rings. The molecule has 0 saturated carbocycles. The molecule has 0 atom stereocenters. The molecule has 5 nitrogen and oxygen atoms in total. The van der Waals surface area contributed by atoms with Crippen molar-refractivity contribution in [2.75, 3.05) is 12.4 Å². The molecule has 2 N–H and O–H groups in total. The van der Waals surface area contributed by atoms with E-state index in [1.165, 1.54) is 31.5 Å². The summed E-state index contributed by atoms with van der Waals surface area (Å²) in [7, 11) is 1.53. The topological polar surface area (TPSA) is 71.3 Å². The zero-order valence-electron chi connectivity index (χ0n) is 12.4. The number of hydrogen-bond donors (Lipinski definition) is 2. The lowest BCUT2D eigenvalue weighted by molar-refractivity contribution is -0.120. The molecular weight excluding hydrogens is 287 g/mol. The molecule has 2 aromatic rings. The van der Waals surface area contributed by atoms with Crippen molar-refractivity contribution >= 4 is 17.5 Å². The minimum Gasteiger partial charge on any atom is -0.459 e. The van der Waals surface area contributed by atoms with Crippen molar-refractivity contribution in [3.05, 3.63) is 53.2 Å². The van der Waals surface area contributed by atoms with Crippen LogP contribution in [0.3, 0.4) is 0 Å². The number of carbonyl (C=O) groups excluding carboxylic acids is 2. The highest BCUT2D eigenvalue weighted by molar-refractivity contribution is 6.03. The quantitative estimate of drug-likeness (QED) is 0.892. The maximum atomic E-state index is 13.7. The number of anilines is 1. The normalized spacial score (nSPS) is 10.3. The van der Waals surface area contributed by atoms with Gasteiger partial charge in [0.2, 0.25) is 5.91 Å². The Labute approximate surface area is 127 Å². The van der Waals surface area contributed by atoms with Crippen LogP contribution in [-0.2, 0) is 11.2 Å². The van der Waals surface area contributed by atoms with E-state index in [0.717, 1.165) is 5.56 Å². The fraction of sp³-hybridized carbons (Fsp3) is 0.250. The second-order valence-corrected chi connectivity index (χ2v) is 4.87. The zero-order valence-corrected chi connectivity index (χ0v) is 12.4. The Morgan fingerprint density at radius 3 is 2.68 bits per heavy atom. The molecule has 0 radical (unpaired) electrons. The highest BCUT2D eigenvalue weighted by Crippen LogP contribution is 2.18. The Bertz CT molecular complexity index is 694. The first kappa shape index (κ1) is 15.8. The third-order valence-electron chi connectivity index (χ3n) is 3.27. The van der Waals surface area contributed by atoms with E-state index in [1.54, 1.807) is 13.0 Å². The van der Waals surface area contributed by atoms with Gasteiger partial charge >= 0.3 is 0 Å². The van der Waals surface area contributed by atoms with Crippen LogP contribution in [0.5, 0.6) is 0 Å². The van der Waals surface area contributed by atoms with Crippen LogP contribution < -0.4 is 10.6 Å². The summed E-state index contributed by atoms with van der Waals surface area (Å²) in [4.78, 5) is 23.3. The average Bonchev–Trinajstić information content (AvgIpc) is 2.93. The number of carbonyl (C=O) groups is 2. The van der Waals surface area contributed by atoms with E-state index in [-0.39, 0.29) is 24.5 Å². The van der Waals surface area contributed by atoms with Gasteiger partial charge in [-0.15, -0.1) is 0 Å². The number of hydrogen-bond acceptors (Lipinski definition) is 3. The van der Waals surface area contributed by atoms with Crippen LogP contribution in [0.1, 0.15) is 28.1 Å². The fourth-order valence-corrected chi connectivity index (χ4v) is 2.01. The van der Waals surface area contributed by atoms with E-state index >= 15 is 0 Å². The summed E-state index contributed by atoms with van der Waals surface area (Å²) in [6, 6.07) is 5.95. The van der Waals surface area contributed by atoms with Gasteiger partial charge in [0.05, 0.1) is 6.26 Å². The van der Waals surface area contributed by atoms with E-state index in [0.29, 0.717) is 11.3 Å². The molecule has 0 saturated heterocycles. The Balaban J connectivity index is 2.10. The summed E-state index contributed by atoms with van der Waals surface area (Å²) < 4.78 is 18.8. The second-order valence-electron chi connectivity index (χ2n) is 4.87. The minimum atomic E-state index is -0.406. The molecule has 0 aliphatic heterocycles. The molecule has 116 valence electrons. The number of halogens is 1. The third kappa shape index (κ3) is 3.72. The molecule has 2 rings (SSSR count). The first-order valence-electron chi connectivity index (χ1n) is 6.85. The average molecular weight is 304 g/mol. The maximum Gasteiger partial charge on any atom is 0.291 e. The molecule has 22 heavy (non-hydrogen) atoms. The van der Waals surface area contributed by atoms with Crippen LogP contribution in [0.15, 0.2) is 34.9 Å². The van der Waals surface area contributed by atoms with Gasteiger partial charge in [-0.2, -0.15) is 0 Å². The van der Waals surface area contributed by atoms with Crippen LogP contribution in [0, 0.1) is 12.7 Å². The van der Waals surface area contributed by atoms with Crippen LogP contribution in [0.4, 0.5) is 10.1 Å². The number of furan rings is 1. The van der Waals surface area contributed by atoms with Crippen molar-refractivity contribution in [1.29, 1.82) is 0 Å². The first-order chi connectivity index (χ1) is 10.5. The van der Waals surface area contributed by atoms with Crippen molar-refractivity contribution in [1.82, 2.24) is 5.32 Å². The van der Waals surface area contributed by atoms with Crippen molar-refractivity contribution < 1.29 is 18.4 Å². The highest BCUT2D eigenvalue weighted by atomic mass is 19.1. The molecule has 0 unspecified atom stereocenters. The first-order valence-corrected chi connectivity index (χ1v) is 6.85. The molecule has 0 aliphatic carbocycles. The molecule has 0 bridgehead atoms. The zero-order chi connectivity index (χ0) is 16.1.